The maximum Gasteiger partial charge on any atom is 0.237 e. The normalized spacial score (nSPS) is 17.4. The smallest absolute Gasteiger partial charge is 0.237 e. The number of para-hydroxylation sites is 1. The van der Waals surface area contributed by atoms with Crippen molar-refractivity contribution >= 4 is 55.3 Å². The Labute approximate surface area is 187 Å². The Bertz CT molecular complexity index is 1170. The minimum atomic E-state index is -3.13. The van der Waals surface area contributed by atoms with Crippen LogP contribution in [-0.2, 0) is 14.6 Å². The van der Waals surface area contributed by atoms with Crippen molar-refractivity contribution in [3.8, 4) is 0 Å². The summed E-state index contributed by atoms with van der Waals surface area (Å²) in [5.74, 6) is -0.385. The molecular weight excluding hydrogens is 459 g/mol. The van der Waals surface area contributed by atoms with E-state index in [4.69, 9.17) is 0 Å². The third-order valence-electron chi connectivity index (χ3n) is 4.68. The van der Waals surface area contributed by atoms with Crippen molar-refractivity contribution in [1.82, 2.24) is 10.2 Å². The lowest BCUT2D eigenvalue weighted by Crippen LogP contribution is -2.42. The van der Waals surface area contributed by atoms with Gasteiger partial charge in [-0.1, -0.05) is 47.4 Å². The van der Waals surface area contributed by atoms with Crippen LogP contribution in [0.3, 0.4) is 0 Å². The Morgan fingerprint density at radius 2 is 2.00 bits per heavy atom. The van der Waals surface area contributed by atoms with Crippen molar-refractivity contribution in [2.45, 2.75) is 16.8 Å². The largest absolute Gasteiger partial charge is 0.330 e. The summed E-state index contributed by atoms with van der Waals surface area (Å²) in [6.07, 6.45) is 0.425. The van der Waals surface area contributed by atoms with Gasteiger partial charge in [0.25, 0.3) is 0 Å². The van der Waals surface area contributed by atoms with Crippen LogP contribution >= 0.6 is 23.1 Å². The average Bonchev–Trinajstić information content (AvgIpc) is 3.33. The van der Waals surface area contributed by atoms with Crippen LogP contribution in [0, 0.1) is 5.82 Å². The summed E-state index contributed by atoms with van der Waals surface area (Å²) in [7, 11) is -3.13. The first-order valence-corrected chi connectivity index (χ1v) is 13.1. The summed E-state index contributed by atoms with van der Waals surface area (Å²) >= 11 is 2.49. The van der Waals surface area contributed by atoms with Crippen LogP contribution < -0.4 is 10.2 Å². The molecule has 0 aliphatic carbocycles. The first-order chi connectivity index (χ1) is 14.9. The number of carbonyl (C=O) groups is 1. The number of rotatable bonds is 7. The third-order valence-corrected chi connectivity index (χ3v) is 8.39. The average molecular weight is 479 g/mol. The van der Waals surface area contributed by atoms with Gasteiger partial charge in [0.2, 0.25) is 11.0 Å². The molecule has 1 amide bonds. The van der Waals surface area contributed by atoms with E-state index >= 15 is 0 Å². The molecule has 1 aliphatic heterocycles. The van der Waals surface area contributed by atoms with Gasteiger partial charge < -0.3 is 10.2 Å². The van der Waals surface area contributed by atoms with E-state index in [2.05, 4.69) is 15.5 Å². The summed E-state index contributed by atoms with van der Waals surface area (Å²) in [5, 5.41) is 11.6. The number of halogens is 1. The summed E-state index contributed by atoms with van der Waals surface area (Å²) in [6, 6.07) is 14.7. The van der Waals surface area contributed by atoms with E-state index < -0.39 is 9.84 Å². The van der Waals surface area contributed by atoms with E-state index in [0.717, 1.165) is 0 Å². The van der Waals surface area contributed by atoms with E-state index in [0.29, 0.717) is 27.3 Å². The molecule has 3 aromatic rings. The molecule has 11 heteroatoms. The Balaban J connectivity index is 1.43. The molecule has 1 aromatic heterocycles. The molecule has 0 radical (unpaired) electrons. The number of sulfone groups is 1. The molecule has 2 aromatic carbocycles. The van der Waals surface area contributed by atoms with Gasteiger partial charge in [-0.15, -0.1) is 10.2 Å². The van der Waals surface area contributed by atoms with Gasteiger partial charge in [-0.3, -0.25) is 4.79 Å². The number of hydrogen-bond donors (Lipinski definition) is 1. The number of benzene rings is 2. The number of aromatic nitrogens is 2. The second-order valence-electron chi connectivity index (χ2n) is 6.95. The van der Waals surface area contributed by atoms with Crippen molar-refractivity contribution in [3.05, 3.63) is 60.4 Å². The van der Waals surface area contributed by atoms with Gasteiger partial charge in [0, 0.05) is 11.4 Å². The minimum absolute atomic E-state index is 0.0290. The molecule has 1 aliphatic rings. The maximum atomic E-state index is 13.3. The predicted molar refractivity (Wildman–Crippen MR) is 121 cm³/mol. The number of amides is 1. The fourth-order valence-corrected chi connectivity index (χ4v) is 6.66. The quantitative estimate of drug-likeness (QED) is 0.517. The predicted octanol–water partition coefficient (Wildman–Crippen LogP) is 3.73. The molecule has 162 valence electrons. The van der Waals surface area contributed by atoms with Crippen LogP contribution in [0.5, 0.6) is 0 Å². The first-order valence-electron chi connectivity index (χ1n) is 9.46. The topological polar surface area (TPSA) is 92.3 Å². The highest BCUT2D eigenvalue weighted by Gasteiger charge is 2.35. The molecule has 7 nitrogen and oxygen atoms in total. The zero-order chi connectivity index (χ0) is 21.8. The maximum absolute atomic E-state index is 13.3. The highest BCUT2D eigenvalue weighted by Crippen LogP contribution is 2.30. The van der Waals surface area contributed by atoms with E-state index in [1.165, 1.54) is 35.2 Å². The van der Waals surface area contributed by atoms with E-state index in [1.807, 2.05) is 18.2 Å². The van der Waals surface area contributed by atoms with Crippen molar-refractivity contribution in [2.75, 3.05) is 27.5 Å². The monoisotopic (exact) mass is 478 g/mol. The number of hydrogen-bond acceptors (Lipinski definition) is 8. The molecule has 2 heterocycles. The second-order valence-corrected chi connectivity index (χ2v) is 11.4. The third kappa shape index (κ3) is 5.60. The molecule has 4 rings (SSSR count). The molecule has 1 fully saturated rings. The molecule has 0 bridgehead atoms. The highest BCUT2D eigenvalue weighted by molar-refractivity contribution is 8.01. The van der Waals surface area contributed by atoms with E-state index in [-0.39, 0.29) is 35.0 Å². The van der Waals surface area contributed by atoms with Crippen molar-refractivity contribution in [2.24, 2.45) is 0 Å². The van der Waals surface area contributed by atoms with Crippen LogP contribution in [-0.4, -0.2) is 47.8 Å². The number of nitrogens with zero attached hydrogens (tertiary/aromatic N) is 3. The Morgan fingerprint density at radius 1 is 1.19 bits per heavy atom. The number of anilines is 3. The Kier molecular flexibility index (Phi) is 6.54. The molecule has 1 N–H and O–H groups in total. The summed E-state index contributed by atoms with van der Waals surface area (Å²) in [6.45, 7) is 0. The van der Waals surface area contributed by atoms with Gasteiger partial charge >= 0.3 is 0 Å². The van der Waals surface area contributed by atoms with Gasteiger partial charge in [-0.25, -0.2) is 12.8 Å². The SMILES string of the molecule is O=C(CSc1nnc(Nc2cccc(F)c2)s1)N(c1ccccc1)[C@@H]1CCS(=O)(=O)C1. The van der Waals surface area contributed by atoms with Gasteiger partial charge in [-0.05, 0) is 36.8 Å². The van der Waals surface area contributed by atoms with Crippen LogP contribution in [0.4, 0.5) is 20.9 Å². The van der Waals surface area contributed by atoms with Crippen LogP contribution in [0.15, 0.2) is 58.9 Å². The fourth-order valence-electron chi connectivity index (χ4n) is 3.33. The zero-order valence-electron chi connectivity index (χ0n) is 16.3. The standard InChI is InChI=1S/C20H19FN4O3S3/c21-14-5-4-6-15(11-14)22-19-23-24-20(30-19)29-12-18(26)25(16-7-2-1-3-8-16)17-9-10-31(27,28)13-17/h1-8,11,17H,9-10,12-13H2,(H,22,23)/t17-/m1/s1. The van der Waals surface area contributed by atoms with Crippen molar-refractivity contribution in [3.63, 3.8) is 0 Å². The lowest BCUT2D eigenvalue weighted by atomic mass is 10.2. The fraction of sp³-hybridized carbons (Fsp3) is 0.250. The number of nitrogens with one attached hydrogen (secondary N) is 1. The summed E-state index contributed by atoms with van der Waals surface area (Å²) in [5.41, 5.74) is 1.24. The molecule has 0 unspecified atom stereocenters. The van der Waals surface area contributed by atoms with Crippen LogP contribution in [0.2, 0.25) is 0 Å². The van der Waals surface area contributed by atoms with E-state index in [1.54, 1.807) is 29.2 Å². The lowest BCUT2D eigenvalue weighted by molar-refractivity contribution is -0.116. The van der Waals surface area contributed by atoms with Gasteiger partial charge in [0.1, 0.15) is 5.82 Å². The van der Waals surface area contributed by atoms with Crippen molar-refractivity contribution in [1.29, 1.82) is 0 Å². The minimum Gasteiger partial charge on any atom is -0.330 e. The molecule has 0 saturated carbocycles. The van der Waals surface area contributed by atoms with Crippen LogP contribution in [0.1, 0.15) is 6.42 Å². The molecule has 31 heavy (non-hydrogen) atoms. The lowest BCUT2D eigenvalue weighted by Gasteiger charge is -2.28. The number of carbonyl (C=O) groups excluding carboxylic acids is 1. The van der Waals surface area contributed by atoms with Crippen LogP contribution in [0.25, 0.3) is 0 Å². The van der Waals surface area contributed by atoms with Gasteiger partial charge in [-0.2, -0.15) is 0 Å². The highest BCUT2D eigenvalue weighted by atomic mass is 32.2. The second kappa shape index (κ2) is 9.33. The summed E-state index contributed by atoms with van der Waals surface area (Å²) < 4.78 is 37.8. The molecular formula is C20H19FN4O3S3. The Hall–Kier alpha value is -2.50. The number of thioether (sulfide) groups is 1. The first kappa shape index (κ1) is 21.7. The van der Waals surface area contributed by atoms with Gasteiger partial charge in [0.15, 0.2) is 14.2 Å². The molecule has 0 spiro atoms. The molecule has 1 atom stereocenters. The van der Waals surface area contributed by atoms with E-state index in [9.17, 15) is 17.6 Å². The van der Waals surface area contributed by atoms with Gasteiger partial charge in [0.05, 0.1) is 23.3 Å². The van der Waals surface area contributed by atoms with Crippen molar-refractivity contribution < 1.29 is 17.6 Å². The summed E-state index contributed by atoms with van der Waals surface area (Å²) in [4.78, 5) is 14.6. The molecule has 1 saturated heterocycles. The Morgan fingerprint density at radius 3 is 2.71 bits per heavy atom. The zero-order valence-corrected chi connectivity index (χ0v) is 18.7.